The highest BCUT2D eigenvalue weighted by Gasteiger charge is 2.04. The number of ether oxygens (including phenoxy) is 1. The number of amides is 1. The molecule has 0 saturated heterocycles. The van der Waals surface area contributed by atoms with E-state index in [1.807, 2.05) is 12.5 Å². The summed E-state index contributed by atoms with van der Waals surface area (Å²) in [4.78, 5) is 21.9. The van der Waals surface area contributed by atoms with Gasteiger partial charge in [-0.25, -0.2) is 0 Å². The van der Waals surface area contributed by atoms with Gasteiger partial charge in [-0.1, -0.05) is 0 Å². The average molecular weight is 303 g/mol. The summed E-state index contributed by atoms with van der Waals surface area (Å²) in [6, 6.07) is -0.521. The van der Waals surface area contributed by atoms with E-state index in [0.29, 0.717) is 25.9 Å². The lowest BCUT2D eigenvalue weighted by Crippen LogP contribution is -2.30. The van der Waals surface area contributed by atoms with E-state index in [-0.39, 0.29) is 12.5 Å². The van der Waals surface area contributed by atoms with Gasteiger partial charge in [-0.05, 0) is 52.1 Å². The lowest BCUT2D eigenvalue weighted by Gasteiger charge is -2.08. The molecule has 0 saturated carbocycles. The average Bonchev–Trinajstić information content (AvgIpc) is 2.50. The SMILES string of the molecule is CNCCCCCOCC(=O)NCCCCC(C=O)NO. The quantitative estimate of drug-likeness (QED) is 0.196. The van der Waals surface area contributed by atoms with Crippen molar-refractivity contribution < 1.29 is 19.5 Å². The van der Waals surface area contributed by atoms with Crippen molar-refractivity contribution >= 4 is 12.2 Å². The Labute approximate surface area is 126 Å². The van der Waals surface area contributed by atoms with Crippen LogP contribution in [0.2, 0.25) is 0 Å². The van der Waals surface area contributed by atoms with Crippen molar-refractivity contribution in [2.45, 2.75) is 44.6 Å². The summed E-state index contributed by atoms with van der Waals surface area (Å²) in [5, 5.41) is 14.4. The van der Waals surface area contributed by atoms with Gasteiger partial charge in [-0.2, -0.15) is 5.48 Å². The molecule has 7 heteroatoms. The summed E-state index contributed by atoms with van der Waals surface area (Å²) in [5.74, 6) is -0.113. The Morgan fingerprint density at radius 2 is 1.95 bits per heavy atom. The molecule has 0 spiro atoms. The lowest BCUT2D eigenvalue weighted by atomic mass is 10.1. The molecule has 0 aromatic carbocycles. The van der Waals surface area contributed by atoms with Crippen LogP contribution in [0.4, 0.5) is 0 Å². The number of rotatable bonds is 15. The molecule has 0 aromatic heterocycles. The first-order chi connectivity index (χ1) is 10.2. The Hall–Kier alpha value is -1.02. The molecule has 0 aliphatic heterocycles. The number of hydrogen-bond acceptors (Lipinski definition) is 6. The molecular formula is C14H29N3O4. The number of carbonyl (C=O) groups is 2. The van der Waals surface area contributed by atoms with E-state index in [2.05, 4.69) is 10.6 Å². The summed E-state index contributed by atoms with van der Waals surface area (Å²) < 4.78 is 5.28. The number of aldehydes is 1. The third-order valence-corrected chi connectivity index (χ3v) is 3.04. The molecule has 0 aliphatic carbocycles. The van der Waals surface area contributed by atoms with Crippen molar-refractivity contribution in [1.29, 1.82) is 0 Å². The van der Waals surface area contributed by atoms with Crippen LogP contribution in [0.3, 0.4) is 0 Å². The molecule has 0 radical (unpaired) electrons. The Morgan fingerprint density at radius 1 is 1.19 bits per heavy atom. The molecule has 4 N–H and O–H groups in total. The lowest BCUT2D eigenvalue weighted by molar-refractivity contribution is -0.125. The second-order valence-electron chi connectivity index (χ2n) is 4.93. The van der Waals surface area contributed by atoms with Gasteiger partial charge in [-0.3, -0.25) is 4.79 Å². The Kier molecular flexibility index (Phi) is 14.6. The minimum absolute atomic E-state index is 0.0984. The number of hydrogen-bond donors (Lipinski definition) is 4. The van der Waals surface area contributed by atoms with Crippen LogP contribution in [0.5, 0.6) is 0 Å². The largest absolute Gasteiger partial charge is 0.372 e. The van der Waals surface area contributed by atoms with Crippen molar-refractivity contribution in [2.24, 2.45) is 0 Å². The number of nitrogens with one attached hydrogen (secondary N) is 3. The van der Waals surface area contributed by atoms with E-state index >= 15 is 0 Å². The third kappa shape index (κ3) is 13.7. The zero-order valence-electron chi connectivity index (χ0n) is 12.9. The van der Waals surface area contributed by atoms with Crippen molar-refractivity contribution in [3.8, 4) is 0 Å². The molecule has 1 amide bonds. The van der Waals surface area contributed by atoms with Crippen LogP contribution in [0, 0.1) is 0 Å². The Balaban J connectivity index is 3.29. The molecule has 0 rings (SSSR count). The Morgan fingerprint density at radius 3 is 2.62 bits per heavy atom. The van der Waals surface area contributed by atoms with E-state index < -0.39 is 6.04 Å². The molecule has 1 atom stereocenters. The first kappa shape index (κ1) is 20.0. The predicted octanol–water partition coefficient (Wildman–Crippen LogP) is 0.226. The maximum atomic E-state index is 11.4. The van der Waals surface area contributed by atoms with Gasteiger partial charge in [-0.15, -0.1) is 0 Å². The van der Waals surface area contributed by atoms with Crippen molar-refractivity contribution in [3.05, 3.63) is 0 Å². The number of hydroxylamine groups is 1. The van der Waals surface area contributed by atoms with Crippen molar-refractivity contribution in [1.82, 2.24) is 16.1 Å². The molecule has 0 aromatic rings. The van der Waals surface area contributed by atoms with Crippen LogP contribution >= 0.6 is 0 Å². The van der Waals surface area contributed by atoms with E-state index in [1.54, 1.807) is 0 Å². The van der Waals surface area contributed by atoms with Crippen LogP contribution in [0.15, 0.2) is 0 Å². The minimum atomic E-state index is -0.521. The summed E-state index contributed by atoms with van der Waals surface area (Å²) in [5.41, 5.74) is 1.92. The first-order valence-electron chi connectivity index (χ1n) is 7.58. The Bertz CT molecular complexity index is 265. The highest BCUT2D eigenvalue weighted by molar-refractivity contribution is 5.77. The van der Waals surface area contributed by atoms with Gasteiger partial charge < -0.3 is 25.4 Å². The minimum Gasteiger partial charge on any atom is -0.372 e. The van der Waals surface area contributed by atoms with Gasteiger partial charge in [0.05, 0.1) is 6.04 Å². The van der Waals surface area contributed by atoms with E-state index in [0.717, 1.165) is 38.6 Å². The highest BCUT2D eigenvalue weighted by atomic mass is 16.5. The summed E-state index contributed by atoms with van der Waals surface area (Å²) in [6.45, 7) is 2.28. The van der Waals surface area contributed by atoms with E-state index in [1.165, 1.54) is 0 Å². The fraction of sp³-hybridized carbons (Fsp3) is 0.857. The molecule has 1 unspecified atom stereocenters. The van der Waals surface area contributed by atoms with E-state index in [4.69, 9.17) is 9.94 Å². The van der Waals surface area contributed by atoms with E-state index in [9.17, 15) is 9.59 Å². The van der Waals surface area contributed by atoms with Crippen LogP contribution < -0.4 is 16.1 Å². The second-order valence-corrected chi connectivity index (χ2v) is 4.93. The molecule has 124 valence electrons. The van der Waals surface area contributed by atoms with Crippen LogP contribution in [0.25, 0.3) is 0 Å². The van der Waals surface area contributed by atoms with Crippen LogP contribution in [-0.4, -0.2) is 56.8 Å². The standard InChI is InChI=1S/C14H29N3O4/c1-15-8-4-2-6-10-21-12-14(19)16-9-5-3-7-13(11-18)17-20/h11,13,15,17,20H,2-10,12H2,1H3,(H,16,19). The zero-order chi connectivity index (χ0) is 15.8. The zero-order valence-corrected chi connectivity index (χ0v) is 12.9. The maximum absolute atomic E-state index is 11.4. The molecule has 7 nitrogen and oxygen atoms in total. The van der Waals surface area contributed by atoms with Gasteiger partial charge in [0.2, 0.25) is 5.91 Å². The van der Waals surface area contributed by atoms with Gasteiger partial charge in [0.15, 0.2) is 0 Å². The molecule has 0 heterocycles. The van der Waals surface area contributed by atoms with Crippen LogP contribution in [-0.2, 0) is 14.3 Å². The number of unbranched alkanes of at least 4 members (excludes halogenated alkanes) is 3. The van der Waals surface area contributed by atoms with Gasteiger partial charge in [0, 0.05) is 13.2 Å². The second kappa shape index (κ2) is 15.4. The van der Waals surface area contributed by atoms with Crippen molar-refractivity contribution in [2.75, 3.05) is 33.4 Å². The van der Waals surface area contributed by atoms with Crippen LogP contribution in [0.1, 0.15) is 38.5 Å². The maximum Gasteiger partial charge on any atom is 0.245 e. The fourth-order valence-electron chi connectivity index (χ4n) is 1.78. The van der Waals surface area contributed by atoms with Gasteiger partial charge in [0.1, 0.15) is 12.9 Å². The number of carbonyl (C=O) groups excluding carboxylic acids is 2. The molecule has 0 bridgehead atoms. The predicted molar refractivity (Wildman–Crippen MR) is 80.2 cm³/mol. The topological polar surface area (TPSA) is 99.7 Å². The normalized spacial score (nSPS) is 12.1. The molecule has 21 heavy (non-hydrogen) atoms. The molecule has 0 fully saturated rings. The highest BCUT2D eigenvalue weighted by Crippen LogP contribution is 1.98. The monoisotopic (exact) mass is 303 g/mol. The summed E-state index contributed by atoms with van der Waals surface area (Å²) in [6.07, 6.45) is 5.93. The first-order valence-corrected chi connectivity index (χ1v) is 7.58. The molecule has 0 aliphatic rings. The van der Waals surface area contributed by atoms with Crippen molar-refractivity contribution in [3.63, 3.8) is 0 Å². The molecular weight excluding hydrogens is 274 g/mol. The van der Waals surface area contributed by atoms with Gasteiger partial charge >= 0.3 is 0 Å². The smallest absolute Gasteiger partial charge is 0.245 e. The fourth-order valence-corrected chi connectivity index (χ4v) is 1.78. The summed E-state index contributed by atoms with van der Waals surface area (Å²) >= 11 is 0. The van der Waals surface area contributed by atoms with Gasteiger partial charge in [0.25, 0.3) is 0 Å². The third-order valence-electron chi connectivity index (χ3n) is 3.04. The summed E-state index contributed by atoms with van der Waals surface area (Å²) in [7, 11) is 1.93.